The quantitative estimate of drug-likeness (QED) is 0.328. The van der Waals surface area contributed by atoms with E-state index in [4.69, 9.17) is 4.74 Å². The molecule has 1 aliphatic heterocycles. The molecule has 1 amide bonds. The Morgan fingerprint density at radius 2 is 1.88 bits per heavy atom. The minimum Gasteiger partial charge on any atom is -0.477 e. The maximum Gasteiger partial charge on any atom is 0.407 e. The van der Waals surface area contributed by atoms with E-state index in [1.54, 1.807) is 6.92 Å². The third-order valence-electron chi connectivity index (χ3n) is 6.06. The maximum absolute atomic E-state index is 15.9. The summed E-state index contributed by atoms with van der Waals surface area (Å²) in [5.74, 6) is -4.00. The topological polar surface area (TPSA) is 149 Å². The van der Waals surface area contributed by atoms with E-state index in [2.05, 4.69) is 25.3 Å². The van der Waals surface area contributed by atoms with Crippen LogP contribution in [0.4, 0.5) is 29.6 Å². The van der Waals surface area contributed by atoms with Crippen LogP contribution < -0.4 is 15.4 Å². The van der Waals surface area contributed by atoms with Crippen LogP contribution in [0.25, 0.3) is 11.3 Å². The number of sulfonamides is 1. The number of alkyl carbamates (subject to hydrolysis) is 1. The molecule has 15 heteroatoms. The summed E-state index contributed by atoms with van der Waals surface area (Å²) >= 11 is 0. The van der Waals surface area contributed by atoms with Crippen LogP contribution in [0.5, 0.6) is 0 Å². The van der Waals surface area contributed by atoms with Gasteiger partial charge in [-0.25, -0.2) is 36.4 Å². The monoisotopic (exact) mass is 605 g/mol. The Labute approximate surface area is 239 Å². The predicted octanol–water partition coefficient (Wildman–Crippen LogP) is 4.10. The van der Waals surface area contributed by atoms with Crippen LogP contribution >= 0.6 is 0 Å². The molecule has 2 heterocycles. The molecule has 4 rings (SSSR count). The van der Waals surface area contributed by atoms with Gasteiger partial charge in [0.2, 0.25) is 11.7 Å². The van der Waals surface area contributed by atoms with Crippen LogP contribution in [-0.2, 0) is 24.3 Å². The summed E-state index contributed by atoms with van der Waals surface area (Å²) in [7, 11) is -3.53. The van der Waals surface area contributed by atoms with Crippen LogP contribution in [0.1, 0.15) is 32.0 Å². The number of carbonyl (C=O) groups excluding carboxylic acids is 2. The second-order valence-electron chi connectivity index (χ2n) is 9.68. The van der Waals surface area contributed by atoms with Crippen molar-refractivity contribution >= 4 is 44.9 Å². The molecule has 0 bridgehead atoms. The summed E-state index contributed by atoms with van der Waals surface area (Å²) in [5, 5.41) is 5.50. The minimum atomic E-state index is -4.76. The number of nitrogens with zero attached hydrogens (tertiary/aromatic N) is 2. The van der Waals surface area contributed by atoms with Crippen LogP contribution in [0.3, 0.4) is 0 Å². The molecule has 42 heavy (non-hydrogen) atoms. The van der Waals surface area contributed by atoms with Crippen molar-refractivity contribution < 1.29 is 40.7 Å². The zero-order chi connectivity index (χ0) is 30.8. The Morgan fingerprint density at radius 3 is 2.60 bits per heavy atom. The second kappa shape index (κ2) is 11.7. The highest BCUT2D eigenvalue weighted by Crippen LogP contribution is 2.42. The lowest BCUT2D eigenvalue weighted by Gasteiger charge is -2.18. The van der Waals surface area contributed by atoms with E-state index in [0.29, 0.717) is 12.1 Å². The van der Waals surface area contributed by atoms with E-state index in [1.165, 1.54) is 45.4 Å². The number of halogens is 3. The lowest BCUT2D eigenvalue weighted by molar-refractivity contribution is -0.125. The van der Waals surface area contributed by atoms with Crippen LogP contribution in [0, 0.1) is 17.5 Å². The van der Waals surface area contributed by atoms with Crippen molar-refractivity contribution in [3.8, 4) is 0 Å². The van der Waals surface area contributed by atoms with Gasteiger partial charge in [-0.15, -0.1) is 0 Å². The molecule has 0 saturated heterocycles. The molecule has 222 valence electrons. The van der Waals surface area contributed by atoms with Crippen molar-refractivity contribution in [2.24, 2.45) is 0 Å². The van der Waals surface area contributed by atoms with Crippen molar-refractivity contribution in [1.29, 1.82) is 0 Å². The molecule has 0 saturated carbocycles. The van der Waals surface area contributed by atoms with Gasteiger partial charge in [0, 0.05) is 24.3 Å². The average Bonchev–Trinajstić information content (AvgIpc) is 3.18. The fourth-order valence-corrected chi connectivity index (χ4v) is 5.14. The van der Waals surface area contributed by atoms with Gasteiger partial charge < -0.3 is 20.1 Å². The second-order valence-corrected chi connectivity index (χ2v) is 11.3. The number of carbonyl (C=O) groups is 2. The van der Waals surface area contributed by atoms with Gasteiger partial charge in [-0.2, -0.15) is 0 Å². The normalized spacial score (nSPS) is 15.2. The number of nitrogens with one attached hydrogen (secondary N) is 3. The summed E-state index contributed by atoms with van der Waals surface area (Å²) in [6, 6.07) is 6.49. The van der Waals surface area contributed by atoms with E-state index in [9.17, 15) is 26.8 Å². The Morgan fingerprint density at radius 1 is 1.14 bits per heavy atom. The largest absolute Gasteiger partial charge is 0.477 e. The molecule has 0 spiro atoms. The van der Waals surface area contributed by atoms with Crippen LogP contribution in [0.2, 0.25) is 0 Å². The Balaban J connectivity index is 1.71. The summed E-state index contributed by atoms with van der Waals surface area (Å²) in [6.07, 6.45) is 0.753. The lowest BCUT2D eigenvalue weighted by atomic mass is 9.92. The van der Waals surface area contributed by atoms with E-state index >= 15 is 4.39 Å². The first-order valence-electron chi connectivity index (χ1n) is 12.4. The lowest BCUT2D eigenvalue weighted by Crippen LogP contribution is -2.37. The fourth-order valence-electron chi connectivity index (χ4n) is 3.99. The number of Topliss-reactive ketones (excluding diaryl/α,β-unsaturated/α-hetero) is 1. The molecular formula is C27H26F3N5O6S. The smallest absolute Gasteiger partial charge is 0.407 e. The van der Waals surface area contributed by atoms with Crippen molar-refractivity contribution in [3.63, 3.8) is 0 Å². The first-order chi connectivity index (χ1) is 19.7. The van der Waals surface area contributed by atoms with E-state index in [-0.39, 0.29) is 41.1 Å². The van der Waals surface area contributed by atoms with Gasteiger partial charge in [-0.1, -0.05) is 12.1 Å². The van der Waals surface area contributed by atoms with E-state index in [0.717, 1.165) is 12.1 Å². The molecule has 3 N–H and O–H groups in total. The van der Waals surface area contributed by atoms with Gasteiger partial charge >= 0.3 is 6.09 Å². The number of hydrogen-bond donors (Lipinski definition) is 3. The van der Waals surface area contributed by atoms with E-state index < -0.39 is 55.5 Å². The molecule has 3 aromatic rings. The highest BCUT2D eigenvalue weighted by atomic mass is 32.2. The number of aromatic nitrogens is 2. The molecule has 0 aliphatic carbocycles. The summed E-state index contributed by atoms with van der Waals surface area (Å²) < 4.78 is 81.6. The van der Waals surface area contributed by atoms with Gasteiger partial charge in [0.15, 0.2) is 17.2 Å². The summed E-state index contributed by atoms with van der Waals surface area (Å²) in [5.41, 5.74) is -2.47. The first kappa shape index (κ1) is 30.3. The Bertz CT molecular complexity index is 1700. The molecule has 1 aliphatic rings. The zero-order valence-electron chi connectivity index (χ0n) is 22.8. The molecular weight excluding hydrogens is 579 g/mol. The number of anilines is 2. The number of benzene rings is 2. The third-order valence-corrected chi connectivity index (χ3v) is 7.44. The Hall–Kier alpha value is -4.66. The number of methoxy groups -OCH3 is 1. The Kier molecular flexibility index (Phi) is 8.43. The number of ether oxygens (including phenoxy) is 2. The number of hydrogen-bond acceptors (Lipinski definition) is 9. The molecule has 0 unspecified atom stereocenters. The minimum absolute atomic E-state index is 0.0914. The van der Waals surface area contributed by atoms with Gasteiger partial charge in [-0.3, -0.25) is 9.52 Å². The predicted molar refractivity (Wildman–Crippen MR) is 146 cm³/mol. The standard InChI is InChI=1S/C27H26F3N5O6S/c1-14(33-26(37)40-4)13-32-25-31-11-10-19(34-25)23-21(24(36)27(2,3)41-23)16-6-5-7-18(22(16)30)35-42(38,39)20-12-15(28)8-9-17(20)29/h5-12,14,35H,13H2,1-4H3,(H,33,37)(H,31,32,34)/t14-/m0/s1. The molecule has 11 nitrogen and oxygen atoms in total. The molecule has 1 atom stereocenters. The van der Waals surface area contributed by atoms with E-state index in [1.807, 2.05) is 4.72 Å². The van der Waals surface area contributed by atoms with Crippen molar-refractivity contribution in [3.05, 3.63) is 77.4 Å². The molecule has 0 fully saturated rings. The highest BCUT2D eigenvalue weighted by molar-refractivity contribution is 7.92. The van der Waals surface area contributed by atoms with Gasteiger partial charge in [0.25, 0.3) is 10.0 Å². The first-order valence-corrected chi connectivity index (χ1v) is 13.9. The van der Waals surface area contributed by atoms with Crippen molar-refractivity contribution in [2.75, 3.05) is 23.7 Å². The van der Waals surface area contributed by atoms with Gasteiger partial charge in [-0.05, 0) is 51.1 Å². The summed E-state index contributed by atoms with van der Waals surface area (Å²) in [6.45, 7) is 4.86. The molecule has 0 radical (unpaired) electrons. The average molecular weight is 606 g/mol. The highest BCUT2D eigenvalue weighted by Gasteiger charge is 2.44. The van der Waals surface area contributed by atoms with Crippen LogP contribution in [0.15, 0.2) is 53.6 Å². The SMILES string of the molecule is COC(=O)N[C@@H](C)CNc1nccc(C2=C(c3cccc(NS(=O)(=O)c4cc(F)ccc4F)c3F)C(=O)C(C)(C)O2)n1. The van der Waals surface area contributed by atoms with Gasteiger partial charge in [0.05, 0.1) is 18.4 Å². The zero-order valence-corrected chi connectivity index (χ0v) is 23.6. The molecule has 1 aromatic heterocycles. The van der Waals surface area contributed by atoms with Crippen molar-refractivity contribution in [1.82, 2.24) is 15.3 Å². The van der Waals surface area contributed by atoms with Crippen LogP contribution in [-0.4, -0.2) is 55.6 Å². The molecule has 2 aromatic carbocycles. The number of rotatable bonds is 9. The third kappa shape index (κ3) is 6.30. The number of ketones is 1. The summed E-state index contributed by atoms with van der Waals surface area (Å²) in [4.78, 5) is 32.3. The number of amides is 1. The maximum atomic E-state index is 15.9. The van der Waals surface area contributed by atoms with Crippen molar-refractivity contribution in [2.45, 2.75) is 37.3 Å². The fraction of sp³-hybridized carbons (Fsp3) is 0.259. The van der Waals surface area contributed by atoms with Gasteiger partial charge in [0.1, 0.15) is 22.2 Å².